The molecule has 6 heteroatoms. The van der Waals surface area contributed by atoms with Gasteiger partial charge in [-0.3, -0.25) is 4.79 Å². The molecule has 0 unspecified atom stereocenters. The number of aromatic nitrogens is 2. The van der Waals surface area contributed by atoms with Crippen LogP contribution in [0.5, 0.6) is 0 Å². The van der Waals surface area contributed by atoms with Crippen LogP contribution in [0.25, 0.3) is 10.2 Å². The highest BCUT2D eigenvalue weighted by atomic mass is 32.2. The van der Waals surface area contributed by atoms with Gasteiger partial charge in [0.15, 0.2) is 0 Å². The van der Waals surface area contributed by atoms with Gasteiger partial charge in [-0.15, -0.1) is 11.3 Å². The molecule has 0 aliphatic carbocycles. The minimum Gasteiger partial charge on any atom is -0.348 e. The fourth-order valence-electron chi connectivity index (χ4n) is 3.04. The predicted molar refractivity (Wildman–Crippen MR) is 116 cm³/mol. The second kappa shape index (κ2) is 8.99. The zero-order chi connectivity index (χ0) is 19.2. The molecule has 4 nitrogen and oxygen atoms in total. The van der Waals surface area contributed by atoms with Gasteiger partial charge in [0.1, 0.15) is 16.2 Å². The quantitative estimate of drug-likeness (QED) is 0.352. The maximum absolute atomic E-state index is 12.7. The molecule has 0 saturated carbocycles. The minimum absolute atomic E-state index is 0.00299. The van der Waals surface area contributed by atoms with Crippen LogP contribution < -0.4 is 5.32 Å². The second-order valence-corrected chi connectivity index (χ2v) is 8.19. The summed E-state index contributed by atoms with van der Waals surface area (Å²) in [5.74, 6) is 0.317. The van der Waals surface area contributed by atoms with Crippen molar-refractivity contribution in [3.63, 3.8) is 0 Å². The van der Waals surface area contributed by atoms with Gasteiger partial charge in [0, 0.05) is 5.39 Å². The number of thioether (sulfide) groups is 1. The number of thiophene rings is 1. The Hall–Kier alpha value is -2.70. The van der Waals surface area contributed by atoms with Crippen LogP contribution in [0.2, 0.25) is 0 Å². The molecular weight excluding hydrogens is 386 g/mol. The molecule has 2 heterocycles. The van der Waals surface area contributed by atoms with Crippen molar-refractivity contribution in [2.75, 3.05) is 5.75 Å². The van der Waals surface area contributed by atoms with Crippen molar-refractivity contribution in [2.45, 2.75) is 17.5 Å². The summed E-state index contributed by atoms with van der Waals surface area (Å²) in [6, 6.07) is 22.3. The average Bonchev–Trinajstić information content (AvgIpc) is 3.23. The summed E-state index contributed by atoms with van der Waals surface area (Å²) in [4.78, 5) is 22.2. The molecule has 4 rings (SSSR count). The van der Waals surface area contributed by atoms with E-state index in [9.17, 15) is 4.79 Å². The largest absolute Gasteiger partial charge is 0.348 e. The molecule has 0 radical (unpaired) electrons. The normalized spacial score (nSPS) is 12.0. The summed E-state index contributed by atoms with van der Waals surface area (Å²) in [7, 11) is 0. The van der Waals surface area contributed by atoms with Gasteiger partial charge in [0.25, 0.3) is 0 Å². The third-order valence-electron chi connectivity index (χ3n) is 4.38. The van der Waals surface area contributed by atoms with E-state index in [0.29, 0.717) is 5.75 Å². The van der Waals surface area contributed by atoms with E-state index in [1.165, 1.54) is 17.3 Å². The lowest BCUT2D eigenvalue weighted by atomic mass is 9.99. The first-order valence-corrected chi connectivity index (χ1v) is 10.9. The van der Waals surface area contributed by atoms with Crippen LogP contribution in [-0.2, 0) is 11.2 Å². The van der Waals surface area contributed by atoms with E-state index >= 15 is 0 Å². The summed E-state index contributed by atoms with van der Waals surface area (Å²) in [5, 5.41) is 7.04. The van der Waals surface area contributed by atoms with Crippen molar-refractivity contribution < 1.29 is 4.79 Å². The SMILES string of the molecule is O=C(CSc1ncnc2sccc12)N[C@@H](Cc1ccccc1)c1ccccc1. The molecule has 1 atom stereocenters. The zero-order valence-corrected chi connectivity index (χ0v) is 16.7. The first-order chi connectivity index (χ1) is 13.8. The number of carbonyl (C=O) groups excluding carboxylic acids is 1. The molecule has 4 aromatic rings. The molecule has 0 spiro atoms. The lowest BCUT2D eigenvalue weighted by Crippen LogP contribution is -2.31. The van der Waals surface area contributed by atoms with Crippen LogP contribution in [0.15, 0.2) is 83.5 Å². The predicted octanol–water partition coefficient (Wildman–Crippen LogP) is 4.88. The van der Waals surface area contributed by atoms with Gasteiger partial charge in [-0.2, -0.15) is 0 Å². The smallest absolute Gasteiger partial charge is 0.230 e. The van der Waals surface area contributed by atoms with Gasteiger partial charge in [-0.1, -0.05) is 72.4 Å². The number of hydrogen-bond donors (Lipinski definition) is 1. The molecular formula is C22H19N3OS2. The number of rotatable bonds is 7. The monoisotopic (exact) mass is 405 g/mol. The Morgan fingerprint density at radius 1 is 1.00 bits per heavy atom. The van der Waals surface area contributed by atoms with Crippen LogP contribution in [0.1, 0.15) is 17.2 Å². The van der Waals surface area contributed by atoms with E-state index in [-0.39, 0.29) is 11.9 Å². The average molecular weight is 406 g/mol. The van der Waals surface area contributed by atoms with Crippen LogP contribution in [0.3, 0.4) is 0 Å². The Kier molecular flexibility index (Phi) is 5.99. The number of fused-ring (bicyclic) bond motifs is 1. The lowest BCUT2D eigenvalue weighted by molar-refractivity contribution is -0.119. The molecule has 140 valence electrons. The van der Waals surface area contributed by atoms with E-state index in [1.807, 2.05) is 47.8 Å². The second-order valence-electron chi connectivity index (χ2n) is 6.33. The Morgan fingerprint density at radius 3 is 2.54 bits per heavy atom. The van der Waals surface area contributed by atoms with Crippen LogP contribution in [-0.4, -0.2) is 21.6 Å². The summed E-state index contributed by atoms with van der Waals surface area (Å²) in [5.41, 5.74) is 2.30. The molecule has 1 amide bonds. The van der Waals surface area contributed by atoms with E-state index in [2.05, 4.69) is 39.6 Å². The van der Waals surface area contributed by atoms with Crippen molar-refractivity contribution in [1.29, 1.82) is 0 Å². The summed E-state index contributed by atoms with van der Waals surface area (Å²) >= 11 is 3.03. The number of nitrogens with zero attached hydrogens (tertiary/aromatic N) is 2. The van der Waals surface area contributed by atoms with E-state index < -0.39 is 0 Å². The Bertz CT molecular complexity index is 1050. The first kappa shape index (κ1) is 18.7. The van der Waals surface area contributed by atoms with Gasteiger partial charge in [-0.25, -0.2) is 9.97 Å². The first-order valence-electron chi connectivity index (χ1n) is 8.99. The topological polar surface area (TPSA) is 54.9 Å². The van der Waals surface area contributed by atoms with Crippen molar-refractivity contribution in [2.24, 2.45) is 0 Å². The Balaban J connectivity index is 1.45. The number of carbonyl (C=O) groups is 1. The van der Waals surface area contributed by atoms with Crippen LogP contribution >= 0.6 is 23.1 Å². The number of amides is 1. The maximum Gasteiger partial charge on any atom is 0.230 e. The summed E-state index contributed by atoms with van der Waals surface area (Å²) in [6.07, 6.45) is 2.31. The molecule has 0 saturated heterocycles. The highest BCUT2D eigenvalue weighted by Gasteiger charge is 2.16. The number of benzene rings is 2. The molecule has 0 fully saturated rings. The zero-order valence-electron chi connectivity index (χ0n) is 15.1. The van der Waals surface area contributed by atoms with Crippen molar-refractivity contribution >= 4 is 39.2 Å². The third-order valence-corrected chi connectivity index (χ3v) is 6.21. The van der Waals surface area contributed by atoms with Crippen molar-refractivity contribution in [1.82, 2.24) is 15.3 Å². The van der Waals surface area contributed by atoms with E-state index in [4.69, 9.17) is 0 Å². The summed E-state index contributed by atoms with van der Waals surface area (Å²) < 4.78 is 0. The highest BCUT2D eigenvalue weighted by Crippen LogP contribution is 2.27. The lowest BCUT2D eigenvalue weighted by Gasteiger charge is -2.19. The number of hydrogen-bond acceptors (Lipinski definition) is 5. The molecule has 2 aromatic heterocycles. The molecule has 0 bridgehead atoms. The minimum atomic E-state index is -0.0664. The Morgan fingerprint density at radius 2 is 1.75 bits per heavy atom. The van der Waals surface area contributed by atoms with Crippen LogP contribution in [0.4, 0.5) is 0 Å². The molecule has 0 aliphatic rings. The van der Waals surface area contributed by atoms with Crippen molar-refractivity contribution in [3.8, 4) is 0 Å². The van der Waals surface area contributed by atoms with Crippen molar-refractivity contribution in [3.05, 3.63) is 89.6 Å². The summed E-state index contributed by atoms with van der Waals surface area (Å²) in [6.45, 7) is 0. The van der Waals surface area contributed by atoms with Gasteiger partial charge in [0.2, 0.25) is 5.91 Å². The molecule has 1 N–H and O–H groups in total. The molecule has 28 heavy (non-hydrogen) atoms. The van der Waals surface area contributed by atoms with Gasteiger partial charge in [0.05, 0.1) is 11.8 Å². The third kappa shape index (κ3) is 4.58. The van der Waals surface area contributed by atoms with E-state index in [1.54, 1.807) is 17.7 Å². The fraction of sp³-hybridized carbons (Fsp3) is 0.136. The standard InChI is InChI=1S/C22H19N3OS2/c26-20(14-28-22-18-11-12-27-21(18)23-15-24-22)25-19(17-9-5-2-6-10-17)13-16-7-3-1-4-8-16/h1-12,15,19H,13-14H2,(H,25,26)/t19-/m0/s1. The fourth-order valence-corrected chi connectivity index (χ4v) is 4.63. The molecule has 2 aromatic carbocycles. The number of nitrogens with one attached hydrogen (secondary N) is 1. The van der Waals surface area contributed by atoms with Gasteiger partial charge >= 0.3 is 0 Å². The van der Waals surface area contributed by atoms with Crippen LogP contribution in [0, 0.1) is 0 Å². The molecule has 0 aliphatic heterocycles. The van der Waals surface area contributed by atoms with Gasteiger partial charge in [-0.05, 0) is 29.0 Å². The highest BCUT2D eigenvalue weighted by molar-refractivity contribution is 8.00. The van der Waals surface area contributed by atoms with E-state index in [0.717, 1.165) is 27.2 Å². The Labute approximate surface area is 172 Å². The maximum atomic E-state index is 12.7. The van der Waals surface area contributed by atoms with Gasteiger partial charge < -0.3 is 5.32 Å².